The zero-order chi connectivity index (χ0) is 21.5. The molecular weight excluding hydrogens is 397 g/mol. The van der Waals surface area contributed by atoms with Gasteiger partial charge in [-0.3, -0.25) is 9.78 Å². The molecule has 0 aliphatic carbocycles. The van der Waals surface area contributed by atoms with Crippen LogP contribution in [0.15, 0.2) is 47.7 Å². The van der Waals surface area contributed by atoms with Crippen molar-refractivity contribution < 1.29 is 4.39 Å². The van der Waals surface area contributed by atoms with Crippen molar-refractivity contribution in [3.05, 3.63) is 70.2 Å². The van der Waals surface area contributed by atoms with Crippen molar-refractivity contribution in [2.45, 2.75) is 32.9 Å². The first-order valence-electron chi connectivity index (χ1n) is 10.2. The Bertz CT molecular complexity index is 1340. The number of rotatable bonds is 4. The van der Waals surface area contributed by atoms with Gasteiger partial charge in [0.15, 0.2) is 11.5 Å². The molecule has 0 saturated heterocycles. The van der Waals surface area contributed by atoms with Crippen LogP contribution in [0, 0.1) is 5.82 Å². The summed E-state index contributed by atoms with van der Waals surface area (Å²) in [6, 6.07) is 7.48. The van der Waals surface area contributed by atoms with E-state index in [1.807, 2.05) is 19.9 Å². The van der Waals surface area contributed by atoms with E-state index in [-0.39, 0.29) is 17.3 Å². The van der Waals surface area contributed by atoms with Crippen LogP contribution in [-0.4, -0.2) is 30.9 Å². The molecule has 0 atom stereocenters. The number of anilines is 2. The summed E-state index contributed by atoms with van der Waals surface area (Å²) in [4.78, 5) is 25.7. The molecule has 0 amide bonds. The third-order valence-corrected chi connectivity index (χ3v) is 5.44. The number of hydrogen-bond acceptors (Lipinski definition) is 6. The number of aromatic nitrogens is 5. The lowest BCUT2D eigenvalue weighted by molar-refractivity contribution is 0.465. The minimum atomic E-state index is -0.537. The highest BCUT2D eigenvalue weighted by molar-refractivity contribution is 5.77. The number of hydrogen-bond donors (Lipinski definition) is 2. The van der Waals surface area contributed by atoms with Crippen LogP contribution in [0.3, 0.4) is 0 Å². The minimum absolute atomic E-state index is 0.208. The molecule has 31 heavy (non-hydrogen) atoms. The molecule has 2 N–H and O–H groups in total. The Hall–Kier alpha value is -3.59. The summed E-state index contributed by atoms with van der Waals surface area (Å²) < 4.78 is 17.6. The minimum Gasteiger partial charge on any atom is -0.324 e. The van der Waals surface area contributed by atoms with Crippen LogP contribution in [0.25, 0.3) is 16.7 Å². The van der Waals surface area contributed by atoms with Gasteiger partial charge in [-0.05, 0) is 56.1 Å². The fourth-order valence-corrected chi connectivity index (χ4v) is 3.98. The topological polar surface area (TPSA) is 89.7 Å². The Labute approximate surface area is 177 Å². The smallest absolute Gasteiger partial charge is 0.278 e. The van der Waals surface area contributed by atoms with E-state index in [1.165, 1.54) is 39.0 Å². The summed E-state index contributed by atoms with van der Waals surface area (Å²) in [7, 11) is 0. The first-order valence-corrected chi connectivity index (χ1v) is 10.2. The Morgan fingerprint density at radius 2 is 2.06 bits per heavy atom. The maximum absolute atomic E-state index is 14.6. The molecule has 5 rings (SSSR count). The summed E-state index contributed by atoms with van der Waals surface area (Å²) in [5.74, 6) is -0.198. The molecule has 0 radical (unpaired) electrons. The fourth-order valence-electron chi connectivity index (χ4n) is 3.98. The average Bonchev–Trinajstić information content (AvgIpc) is 3.06. The second-order valence-corrected chi connectivity index (χ2v) is 7.85. The second-order valence-electron chi connectivity index (χ2n) is 7.85. The monoisotopic (exact) mass is 419 g/mol. The largest absolute Gasteiger partial charge is 0.324 e. The van der Waals surface area contributed by atoms with Crippen molar-refractivity contribution in [1.29, 1.82) is 0 Å². The number of fused-ring (bicyclic) bond motifs is 2. The van der Waals surface area contributed by atoms with Gasteiger partial charge in [-0.1, -0.05) is 6.07 Å². The Morgan fingerprint density at radius 1 is 1.19 bits per heavy atom. The van der Waals surface area contributed by atoms with Gasteiger partial charge in [0.25, 0.3) is 5.56 Å². The van der Waals surface area contributed by atoms with Crippen molar-refractivity contribution in [2.24, 2.45) is 0 Å². The zero-order valence-electron chi connectivity index (χ0n) is 17.3. The summed E-state index contributed by atoms with van der Waals surface area (Å²) in [6.07, 6.45) is 5.06. The lowest BCUT2D eigenvalue weighted by atomic mass is 10.0. The third kappa shape index (κ3) is 3.36. The molecule has 4 aromatic rings. The van der Waals surface area contributed by atoms with Gasteiger partial charge >= 0.3 is 0 Å². The van der Waals surface area contributed by atoms with Gasteiger partial charge in [0.1, 0.15) is 11.1 Å². The van der Waals surface area contributed by atoms with E-state index < -0.39 is 5.82 Å². The predicted octanol–water partition coefficient (Wildman–Crippen LogP) is 3.09. The molecule has 158 valence electrons. The molecule has 8 nitrogen and oxygen atoms in total. The maximum Gasteiger partial charge on any atom is 0.278 e. The van der Waals surface area contributed by atoms with Crippen LogP contribution in [0.2, 0.25) is 0 Å². The van der Waals surface area contributed by atoms with Crippen molar-refractivity contribution in [2.75, 3.05) is 11.9 Å². The molecule has 0 unspecified atom stereocenters. The van der Waals surface area contributed by atoms with Crippen LogP contribution in [0.4, 0.5) is 16.0 Å². The number of nitrogens with zero attached hydrogens (tertiary/aromatic N) is 5. The Kier molecular flexibility index (Phi) is 4.74. The molecule has 0 bridgehead atoms. The zero-order valence-corrected chi connectivity index (χ0v) is 17.3. The average molecular weight is 419 g/mol. The standard InChI is InChI=1S/C22H22FN7O/c1-13(2)29-21(31)17-11-26-22(27-16-4-3-15-10-24-7-5-14(15)9-16)28-20(17)30(29)19-6-8-25-12-18(19)23/h3-4,6,8-9,11-13,24H,5,7,10H2,1-2H3,(H,26,27,28). The molecule has 1 aromatic carbocycles. The summed E-state index contributed by atoms with van der Waals surface area (Å²) in [6.45, 7) is 5.55. The molecule has 4 heterocycles. The SMILES string of the molecule is CC(C)n1c(=O)c2cnc(Nc3ccc4c(c3)CCNC4)nc2n1-c1ccncc1F. The van der Waals surface area contributed by atoms with Crippen LogP contribution >= 0.6 is 0 Å². The molecular formula is C22H22FN7O. The van der Waals surface area contributed by atoms with Crippen LogP contribution in [-0.2, 0) is 13.0 Å². The first-order chi connectivity index (χ1) is 15.0. The molecule has 0 fully saturated rings. The molecule has 0 spiro atoms. The van der Waals surface area contributed by atoms with Gasteiger partial charge in [-0.15, -0.1) is 0 Å². The van der Waals surface area contributed by atoms with E-state index in [0.29, 0.717) is 17.0 Å². The number of benzene rings is 1. The first kappa shape index (κ1) is 19.4. The quantitative estimate of drug-likeness (QED) is 0.528. The van der Waals surface area contributed by atoms with Crippen molar-refractivity contribution in [1.82, 2.24) is 29.6 Å². The van der Waals surface area contributed by atoms with Gasteiger partial charge < -0.3 is 10.6 Å². The van der Waals surface area contributed by atoms with Crippen molar-refractivity contribution in [3.63, 3.8) is 0 Å². The highest BCUT2D eigenvalue weighted by Gasteiger charge is 2.21. The van der Waals surface area contributed by atoms with E-state index >= 15 is 0 Å². The molecule has 1 aliphatic heterocycles. The molecule has 3 aromatic heterocycles. The number of pyridine rings is 1. The maximum atomic E-state index is 14.6. The van der Waals surface area contributed by atoms with E-state index in [4.69, 9.17) is 0 Å². The van der Waals surface area contributed by atoms with Crippen LogP contribution < -0.4 is 16.2 Å². The van der Waals surface area contributed by atoms with Gasteiger partial charge in [0, 0.05) is 30.7 Å². The van der Waals surface area contributed by atoms with Gasteiger partial charge in [-0.25, -0.2) is 18.7 Å². The number of nitrogens with one attached hydrogen (secondary N) is 2. The Morgan fingerprint density at radius 3 is 2.87 bits per heavy atom. The van der Waals surface area contributed by atoms with E-state index in [1.54, 1.807) is 0 Å². The fraction of sp³-hybridized carbons (Fsp3) is 0.273. The van der Waals surface area contributed by atoms with Crippen molar-refractivity contribution in [3.8, 4) is 5.69 Å². The lowest BCUT2D eigenvalue weighted by Gasteiger charge is -2.18. The van der Waals surface area contributed by atoms with Crippen molar-refractivity contribution >= 4 is 22.7 Å². The summed E-state index contributed by atoms with van der Waals surface area (Å²) in [5.41, 5.74) is 3.71. The third-order valence-electron chi connectivity index (χ3n) is 5.44. The van der Waals surface area contributed by atoms with E-state index in [9.17, 15) is 9.18 Å². The Balaban J connectivity index is 1.63. The van der Waals surface area contributed by atoms with Gasteiger partial charge in [0.2, 0.25) is 5.95 Å². The van der Waals surface area contributed by atoms with Gasteiger partial charge in [-0.2, -0.15) is 4.98 Å². The molecule has 0 saturated carbocycles. The lowest BCUT2D eigenvalue weighted by Crippen LogP contribution is -2.24. The highest BCUT2D eigenvalue weighted by Crippen LogP contribution is 2.24. The molecule has 1 aliphatic rings. The normalized spacial score (nSPS) is 13.5. The van der Waals surface area contributed by atoms with Gasteiger partial charge in [0.05, 0.1) is 6.20 Å². The van der Waals surface area contributed by atoms with E-state index in [2.05, 4.69) is 37.7 Å². The van der Waals surface area contributed by atoms with E-state index in [0.717, 1.165) is 31.4 Å². The second kappa shape index (κ2) is 7.59. The predicted molar refractivity (Wildman–Crippen MR) is 116 cm³/mol. The van der Waals surface area contributed by atoms with Crippen LogP contribution in [0.5, 0.6) is 0 Å². The number of halogens is 1. The summed E-state index contributed by atoms with van der Waals surface area (Å²) in [5, 5.41) is 6.91. The highest BCUT2D eigenvalue weighted by atomic mass is 19.1. The summed E-state index contributed by atoms with van der Waals surface area (Å²) >= 11 is 0. The van der Waals surface area contributed by atoms with Crippen LogP contribution in [0.1, 0.15) is 31.0 Å². The molecule has 9 heteroatoms.